The number of benzene rings is 1. The third-order valence-electron chi connectivity index (χ3n) is 5.63. The van der Waals surface area contributed by atoms with Gasteiger partial charge in [-0.2, -0.15) is 5.10 Å². The number of fused-ring (bicyclic) bond motifs is 3. The number of rotatable bonds is 3. The Kier molecular flexibility index (Phi) is 4.23. The molecule has 1 aromatic carbocycles. The van der Waals surface area contributed by atoms with Crippen LogP contribution >= 0.6 is 0 Å². The number of nitrogens with zero attached hydrogens (tertiary/aromatic N) is 3. The molecule has 4 rings (SSSR count). The summed E-state index contributed by atoms with van der Waals surface area (Å²) >= 11 is 0. The van der Waals surface area contributed by atoms with Gasteiger partial charge in [-0.15, -0.1) is 0 Å². The lowest BCUT2D eigenvalue weighted by Crippen LogP contribution is -2.65. The predicted octanol–water partition coefficient (Wildman–Crippen LogP) is 0.277. The van der Waals surface area contributed by atoms with E-state index in [2.05, 4.69) is 10.4 Å². The smallest absolute Gasteiger partial charge is 0.346 e. The minimum absolute atomic E-state index is 0.0860. The van der Waals surface area contributed by atoms with E-state index in [-0.39, 0.29) is 24.0 Å². The first-order valence-corrected chi connectivity index (χ1v) is 9.02. The van der Waals surface area contributed by atoms with Crippen molar-refractivity contribution in [2.24, 2.45) is 7.05 Å². The summed E-state index contributed by atoms with van der Waals surface area (Å²) in [4.78, 5) is 14.2. The summed E-state index contributed by atoms with van der Waals surface area (Å²) in [5, 5.41) is 37.2. The number of hydrogen-bond donors (Lipinski definition) is 4. The zero-order valence-corrected chi connectivity index (χ0v) is 14.7. The maximum atomic E-state index is 12.8. The number of aliphatic hydroxyl groups is 3. The normalized spacial score (nSPS) is 26.8. The highest BCUT2D eigenvalue weighted by Gasteiger charge is 2.47. The number of carbonyl (C=O) groups is 1. The second-order valence-corrected chi connectivity index (χ2v) is 7.38. The fourth-order valence-electron chi connectivity index (χ4n) is 4.62. The van der Waals surface area contributed by atoms with Gasteiger partial charge in [-0.1, -0.05) is 24.6 Å². The summed E-state index contributed by atoms with van der Waals surface area (Å²) in [5.41, 5.74) is 1.30. The lowest BCUT2D eigenvalue weighted by atomic mass is 9.81. The lowest BCUT2D eigenvalue weighted by Gasteiger charge is -2.51. The molecule has 2 unspecified atom stereocenters. The molecule has 2 bridgehead atoms. The van der Waals surface area contributed by atoms with Gasteiger partial charge in [-0.25, -0.2) is 4.90 Å². The van der Waals surface area contributed by atoms with Crippen molar-refractivity contribution in [1.82, 2.24) is 20.0 Å². The molecule has 2 saturated heterocycles. The SMILES string of the molecule is Cn1nc(C(=O)NC2CC3CCCC(C2)N3C(O)(O)O)c2ccccc21. The zero-order chi connectivity index (χ0) is 18.5. The molecule has 0 spiro atoms. The molecule has 3 heterocycles. The molecular weight excluding hydrogens is 336 g/mol. The van der Waals surface area contributed by atoms with Gasteiger partial charge in [0.15, 0.2) is 5.69 Å². The van der Waals surface area contributed by atoms with Crippen molar-refractivity contribution in [1.29, 1.82) is 0 Å². The van der Waals surface area contributed by atoms with Gasteiger partial charge in [-0.05, 0) is 31.7 Å². The van der Waals surface area contributed by atoms with Crippen molar-refractivity contribution < 1.29 is 20.1 Å². The van der Waals surface area contributed by atoms with Crippen LogP contribution in [0.15, 0.2) is 24.3 Å². The Labute approximate surface area is 151 Å². The van der Waals surface area contributed by atoms with Crippen LogP contribution in [-0.4, -0.2) is 60.1 Å². The van der Waals surface area contributed by atoms with Gasteiger partial charge < -0.3 is 20.6 Å². The van der Waals surface area contributed by atoms with Crippen molar-refractivity contribution in [2.45, 2.75) is 56.3 Å². The van der Waals surface area contributed by atoms with Crippen LogP contribution in [0.5, 0.6) is 0 Å². The molecule has 0 radical (unpaired) electrons. The van der Waals surface area contributed by atoms with E-state index in [1.165, 1.54) is 4.90 Å². The highest BCUT2D eigenvalue weighted by molar-refractivity contribution is 6.04. The van der Waals surface area contributed by atoms with Gasteiger partial charge in [0, 0.05) is 30.6 Å². The Morgan fingerprint density at radius 2 is 1.85 bits per heavy atom. The highest BCUT2D eigenvalue weighted by Crippen LogP contribution is 2.37. The van der Waals surface area contributed by atoms with Gasteiger partial charge in [0.25, 0.3) is 5.91 Å². The highest BCUT2D eigenvalue weighted by atomic mass is 16.7. The topological polar surface area (TPSA) is 111 Å². The number of hydrogen-bond acceptors (Lipinski definition) is 6. The van der Waals surface area contributed by atoms with Crippen LogP contribution in [0.4, 0.5) is 0 Å². The van der Waals surface area contributed by atoms with E-state index in [9.17, 15) is 20.1 Å². The fraction of sp³-hybridized carbons (Fsp3) is 0.556. The molecule has 2 aliphatic heterocycles. The number of para-hydroxylation sites is 1. The Morgan fingerprint density at radius 3 is 2.50 bits per heavy atom. The van der Waals surface area contributed by atoms with E-state index in [1.54, 1.807) is 4.68 Å². The maximum Gasteiger partial charge on any atom is 0.346 e. The van der Waals surface area contributed by atoms with Crippen molar-refractivity contribution in [3.8, 4) is 0 Å². The van der Waals surface area contributed by atoms with E-state index in [1.807, 2.05) is 31.3 Å². The van der Waals surface area contributed by atoms with Crippen LogP contribution in [0.1, 0.15) is 42.6 Å². The number of piperidine rings is 2. The number of carbonyl (C=O) groups excluding carboxylic acids is 1. The van der Waals surface area contributed by atoms with E-state index >= 15 is 0 Å². The molecule has 2 fully saturated rings. The quantitative estimate of drug-likeness (QED) is 0.585. The van der Waals surface area contributed by atoms with E-state index in [0.29, 0.717) is 18.5 Å². The monoisotopic (exact) mass is 360 g/mol. The summed E-state index contributed by atoms with van der Waals surface area (Å²) in [7, 11) is 1.81. The van der Waals surface area contributed by atoms with E-state index in [4.69, 9.17) is 0 Å². The Morgan fingerprint density at radius 1 is 1.19 bits per heavy atom. The summed E-state index contributed by atoms with van der Waals surface area (Å²) in [5.74, 6) is -0.221. The minimum atomic E-state index is -2.80. The summed E-state index contributed by atoms with van der Waals surface area (Å²) in [6, 6.07) is 7.16. The van der Waals surface area contributed by atoms with Crippen LogP contribution < -0.4 is 5.32 Å². The number of nitrogens with one attached hydrogen (secondary N) is 1. The fourth-order valence-corrected chi connectivity index (χ4v) is 4.62. The number of aromatic nitrogens is 2. The van der Waals surface area contributed by atoms with Crippen molar-refractivity contribution in [3.63, 3.8) is 0 Å². The molecule has 0 saturated carbocycles. The van der Waals surface area contributed by atoms with Crippen LogP contribution in [-0.2, 0) is 7.05 Å². The second kappa shape index (κ2) is 6.31. The van der Waals surface area contributed by atoms with Gasteiger partial charge in [0.05, 0.1) is 5.52 Å². The molecule has 26 heavy (non-hydrogen) atoms. The van der Waals surface area contributed by atoms with Crippen LogP contribution in [0.2, 0.25) is 0 Å². The average Bonchev–Trinajstić information content (AvgIpc) is 2.91. The second-order valence-electron chi connectivity index (χ2n) is 7.38. The summed E-state index contributed by atoms with van der Waals surface area (Å²) in [6.07, 6.45) is 0.833. The molecule has 8 heteroatoms. The van der Waals surface area contributed by atoms with Crippen LogP contribution in [0.3, 0.4) is 0 Å². The van der Waals surface area contributed by atoms with E-state index < -0.39 is 6.10 Å². The standard InChI is InChI=1S/C18H24N4O4/c1-21-15-8-3-2-7-14(15)16(20-21)17(23)19-11-9-12-5-4-6-13(10-11)22(12)18(24,25)26/h2-3,7-8,11-13,24-26H,4-6,9-10H2,1H3,(H,19,23). The molecule has 140 valence electrons. The van der Waals surface area contributed by atoms with Crippen molar-refractivity contribution in [3.05, 3.63) is 30.0 Å². The molecule has 0 aliphatic carbocycles. The number of amides is 1. The van der Waals surface area contributed by atoms with Crippen LogP contribution in [0.25, 0.3) is 10.9 Å². The maximum absolute atomic E-state index is 12.8. The van der Waals surface area contributed by atoms with E-state index in [0.717, 1.165) is 30.2 Å². The molecule has 8 nitrogen and oxygen atoms in total. The summed E-state index contributed by atoms with van der Waals surface area (Å²) in [6.45, 7) is 0. The predicted molar refractivity (Wildman–Crippen MR) is 93.9 cm³/mol. The zero-order valence-electron chi connectivity index (χ0n) is 14.7. The molecular formula is C18H24N4O4. The first-order valence-electron chi connectivity index (χ1n) is 9.02. The van der Waals surface area contributed by atoms with Gasteiger partial charge in [0.1, 0.15) is 0 Å². The Hall–Kier alpha value is -2.00. The first kappa shape index (κ1) is 17.4. The third kappa shape index (κ3) is 2.99. The minimum Gasteiger partial charge on any atom is -0.348 e. The Balaban J connectivity index is 1.52. The number of aryl methyl sites for hydroxylation is 1. The summed E-state index contributed by atoms with van der Waals surface area (Å²) < 4.78 is 1.69. The lowest BCUT2D eigenvalue weighted by molar-refractivity contribution is -0.416. The first-order chi connectivity index (χ1) is 12.3. The van der Waals surface area contributed by atoms with Crippen molar-refractivity contribution in [2.75, 3.05) is 0 Å². The average molecular weight is 360 g/mol. The molecule has 1 aromatic heterocycles. The molecule has 1 amide bonds. The van der Waals surface area contributed by atoms with Gasteiger partial charge in [0.2, 0.25) is 0 Å². The largest absolute Gasteiger partial charge is 0.348 e. The van der Waals surface area contributed by atoms with Gasteiger partial charge >= 0.3 is 6.10 Å². The van der Waals surface area contributed by atoms with Crippen molar-refractivity contribution >= 4 is 16.8 Å². The molecule has 2 aromatic rings. The molecule has 2 aliphatic rings. The van der Waals surface area contributed by atoms with Gasteiger partial charge in [-0.3, -0.25) is 9.48 Å². The van der Waals surface area contributed by atoms with Crippen LogP contribution in [0, 0.1) is 0 Å². The molecule has 2 atom stereocenters. The molecule has 4 N–H and O–H groups in total. The Bertz CT molecular complexity index is 814. The third-order valence-corrected chi connectivity index (χ3v) is 5.63.